The Kier molecular flexibility index (Phi) is 10.6. The third-order valence-corrected chi connectivity index (χ3v) is 10.1. The fourth-order valence-electron chi connectivity index (χ4n) is 6.32. The predicted octanol–water partition coefficient (Wildman–Crippen LogP) is 7.31. The van der Waals surface area contributed by atoms with Crippen molar-refractivity contribution in [3.8, 4) is 22.6 Å². The second-order valence-electron chi connectivity index (χ2n) is 12.8. The normalized spacial score (nSPS) is 14.7. The van der Waals surface area contributed by atoms with E-state index in [1.54, 1.807) is 17.1 Å². The molecule has 6 rings (SSSR count). The minimum atomic E-state index is -1.06. The number of ether oxygens (including phenoxy) is 2. The van der Waals surface area contributed by atoms with Crippen molar-refractivity contribution >= 4 is 46.7 Å². The average molecular weight is 724 g/mol. The van der Waals surface area contributed by atoms with E-state index in [2.05, 4.69) is 10.4 Å². The number of nitrogens with one attached hydrogen (secondary N) is 1. The van der Waals surface area contributed by atoms with Gasteiger partial charge in [0.15, 0.2) is 5.75 Å². The minimum absolute atomic E-state index is 0.00795. The van der Waals surface area contributed by atoms with Gasteiger partial charge in [-0.15, -0.1) is 0 Å². The zero-order valence-corrected chi connectivity index (χ0v) is 29.0. The summed E-state index contributed by atoms with van der Waals surface area (Å²) in [7, 11) is 0. The van der Waals surface area contributed by atoms with Gasteiger partial charge in [-0.05, 0) is 56.5 Å². The molecular formula is C37H37Cl2FN4O6. The molecule has 1 spiro atoms. The van der Waals surface area contributed by atoms with Crippen molar-refractivity contribution in [2.75, 3.05) is 31.2 Å². The first-order valence-corrected chi connectivity index (χ1v) is 17.2. The Balaban J connectivity index is 1.18. The highest BCUT2D eigenvalue weighted by Gasteiger charge is 2.43. The van der Waals surface area contributed by atoms with Crippen molar-refractivity contribution in [3.05, 3.63) is 93.5 Å². The molecule has 0 atom stereocenters. The number of carboxylic acid groups (broad SMARTS) is 1. The summed E-state index contributed by atoms with van der Waals surface area (Å²) in [6.07, 6.45) is 7.03. The zero-order valence-electron chi connectivity index (χ0n) is 27.5. The van der Waals surface area contributed by atoms with Crippen LogP contribution in [0.4, 0.5) is 10.1 Å². The van der Waals surface area contributed by atoms with Gasteiger partial charge in [-0.25, -0.2) is 4.39 Å². The van der Waals surface area contributed by atoms with Gasteiger partial charge in [-0.3, -0.25) is 19.1 Å². The molecule has 1 saturated carbocycles. The highest BCUT2D eigenvalue weighted by atomic mass is 35.5. The highest BCUT2D eigenvalue weighted by Crippen LogP contribution is 2.49. The van der Waals surface area contributed by atoms with E-state index < -0.39 is 17.7 Å². The predicted molar refractivity (Wildman–Crippen MR) is 188 cm³/mol. The van der Waals surface area contributed by atoms with Crippen LogP contribution in [0.2, 0.25) is 10.0 Å². The number of halogens is 3. The summed E-state index contributed by atoms with van der Waals surface area (Å²) in [4.78, 5) is 38.8. The third kappa shape index (κ3) is 7.74. The van der Waals surface area contributed by atoms with E-state index in [0.717, 1.165) is 42.0 Å². The largest absolute Gasteiger partial charge is 0.493 e. The Labute approximate surface area is 299 Å². The SMILES string of the molecule is Cc1c(Cl)cccc1OCCCC(=O)N1CC2(CCC2)COc2c(-c3cnn(Cc4c(F)cc(C(=O)NCCC(=O)O)cc4Cl)c3)cccc21. The number of fused-ring (bicyclic) bond motifs is 1. The molecule has 1 aliphatic carbocycles. The second-order valence-corrected chi connectivity index (χ2v) is 13.6. The molecule has 0 radical (unpaired) electrons. The average Bonchev–Trinajstić information content (AvgIpc) is 3.45. The molecule has 13 heteroatoms. The number of aromatic nitrogens is 2. The van der Waals surface area contributed by atoms with Crippen LogP contribution in [0.5, 0.6) is 11.5 Å². The van der Waals surface area contributed by atoms with E-state index >= 15 is 4.39 Å². The molecule has 262 valence electrons. The number of carbonyl (C=O) groups excluding carboxylic acids is 2. The van der Waals surface area contributed by atoms with Crippen molar-refractivity contribution in [1.82, 2.24) is 15.1 Å². The van der Waals surface area contributed by atoms with Gasteiger partial charge in [0.25, 0.3) is 5.91 Å². The molecule has 1 fully saturated rings. The molecular weight excluding hydrogens is 686 g/mol. The van der Waals surface area contributed by atoms with Crippen molar-refractivity contribution in [2.45, 2.75) is 52.0 Å². The van der Waals surface area contributed by atoms with Crippen molar-refractivity contribution in [1.29, 1.82) is 0 Å². The number of anilines is 1. The number of hydrogen-bond acceptors (Lipinski definition) is 6. The number of para-hydroxylation sites is 1. The molecule has 2 aliphatic rings. The Morgan fingerprint density at radius 3 is 2.64 bits per heavy atom. The van der Waals surface area contributed by atoms with Gasteiger partial charge < -0.3 is 24.8 Å². The van der Waals surface area contributed by atoms with Gasteiger partial charge in [0, 0.05) is 69.0 Å². The number of hydrogen-bond donors (Lipinski definition) is 2. The lowest BCUT2D eigenvalue weighted by atomic mass is 9.69. The van der Waals surface area contributed by atoms with Crippen LogP contribution in [0.15, 0.2) is 60.9 Å². The summed E-state index contributed by atoms with van der Waals surface area (Å²) in [6, 6.07) is 13.6. The number of carbonyl (C=O) groups is 3. The van der Waals surface area contributed by atoms with E-state index in [0.29, 0.717) is 54.8 Å². The summed E-state index contributed by atoms with van der Waals surface area (Å²) in [5.74, 6) is -1.08. The van der Waals surface area contributed by atoms with Crippen LogP contribution in [-0.2, 0) is 16.1 Å². The second kappa shape index (κ2) is 15.1. The van der Waals surface area contributed by atoms with Crippen LogP contribution in [0, 0.1) is 18.2 Å². The molecule has 0 unspecified atom stereocenters. The van der Waals surface area contributed by atoms with Gasteiger partial charge in [0.2, 0.25) is 5.91 Å². The lowest BCUT2D eigenvalue weighted by Gasteiger charge is -2.42. The first-order chi connectivity index (χ1) is 24.0. The van der Waals surface area contributed by atoms with E-state index in [9.17, 15) is 14.4 Å². The van der Waals surface area contributed by atoms with Gasteiger partial charge in [0.1, 0.15) is 11.6 Å². The molecule has 4 aromatic rings. The van der Waals surface area contributed by atoms with Crippen LogP contribution < -0.4 is 19.7 Å². The molecule has 50 heavy (non-hydrogen) atoms. The molecule has 1 aliphatic heterocycles. The molecule has 3 aromatic carbocycles. The first-order valence-electron chi connectivity index (χ1n) is 16.5. The summed E-state index contributed by atoms with van der Waals surface area (Å²) in [5.41, 5.74) is 3.05. The number of benzene rings is 3. The molecule has 2 N–H and O–H groups in total. The van der Waals surface area contributed by atoms with Crippen molar-refractivity contribution in [3.63, 3.8) is 0 Å². The van der Waals surface area contributed by atoms with E-state index in [1.165, 1.54) is 6.07 Å². The Morgan fingerprint density at radius 2 is 1.90 bits per heavy atom. The standard InChI is InChI=1S/C37H37Cl2FN4O6/c1-23-28(38)7-3-9-32(23)49-15-4-10-33(45)44-21-37(12-5-13-37)22-50-35-26(6-2-8-31(35)44)25-18-42-43(19-25)20-27-29(39)16-24(17-30(27)40)36(48)41-14-11-34(46)47/h2-3,6-9,16-19H,4-5,10-15,20-22H2,1H3,(H,41,48)(H,46,47). The van der Waals surface area contributed by atoms with Gasteiger partial charge in [-0.1, -0.05) is 47.8 Å². The number of nitrogens with zero attached hydrogens (tertiary/aromatic N) is 3. The Hall–Kier alpha value is -4.61. The highest BCUT2D eigenvalue weighted by molar-refractivity contribution is 6.32. The maximum Gasteiger partial charge on any atom is 0.305 e. The number of amides is 2. The summed E-state index contributed by atoms with van der Waals surface area (Å²) in [6.45, 7) is 3.24. The maximum atomic E-state index is 15.2. The minimum Gasteiger partial charge on any atom is -0.493 e. The topological polar surface area (TPSA) is 123 Å². The van der Waals surface area contributed by atoms with Crippen molar-refractivity contribution in [2.24, 2.45) is 5.41 Å². The van der Waals surface area contributed by atoms with Gasteiger partial charge in [0.05, 0.1) is 38.1 Å². The summed E-state index contributed by atoms with van der Waals surface area (Å²) >= 11 is 12.6. The van der Waals surface area contributed by atoms with Crippen LogP contribution >= 0.6 is 23.2 Å². The van der Waals surface area contributed by atoms with E-state index in [1.807, 2.05) is 48.2 Å². The van der Waals surface area contributed by atoms with Gasteiger partial charge in [-0.2, -0.15) is 5.10 Å². The van der Waals surface area contributed by atoms with Crippen LogP contribution in [0.25, 0.3) is 11.1 Å². The van der Waals surface area contributed by atoms with E-state index in [-0.39, 0.29) is 47.0 Å². The maximum absolute atomic E-state index is 15.2. The molecule has 2 amide bonds. The molecule has 0 saturated heterocycles. The lowest BCUT2D eigenvalue weighted by molar-refractivity contribution is -0.136. The Morgan fingerprint density at radius 1 is 1.10 bits per heavy atom. The third-order valence-electron chi connectivity index (χ3n) is 9.32. The molecule has 10 nitrogen and oxygen atoms in total. The smallest absolute Gasteiger partial charge is 0.305 e. The molecule has 0 bridgehead atoms. The van der Waals surface area contributed by atoms with Crippen LogP contribution in [0.1, 0.15) is 60.0 Å². The number of aliphatic carboxylic acids is 1. The quantitative estimate of drug-likeness (QED) is 0.147. The van der Waals surface area contributed by atoms with Gasteiger partial charge >= 0.3 is 5.97 Å². The van der Waals surface area contributed by atoms with E-state index in [4.69, 9.17) is 37.8 Å². The fourth-order valence-corrected chi connectivity index (χ4v) is 6.75. The molecule has 2 heterocycles. The molecule has 1 aromatic heterocycles. The van der Waals surface area contributed by atoms with Crippen LogP contribution in [-0.4, -0.2) is 59.0 Å². The Bertz CT molecular complexity index is 1900. The monoisotopic (exact) mass is 722 g/mol. The fraction of sp³-hybridized carbons (Fsp3) is 0.351. The number of rotatable bonds is 12. The zero-order chi connectivity index (χ0) is 35.4. The lowest BCUT2D eigenvalue weighted by Crippen LogP contribution is -2.46. The summed E-state index contributed by atoms with van der Waals surface area (Å²) in [5, 5.41) is 16.3. The first kappa shape index (κ1) is 35.2. The summed E-state index contributed by atoms with van der Waals surface area (Å²) < 4.78 is 29.2. The number of carboxylic acids is 1. The van der Waals surface area contributed by atoms with Crippen molar-refractivity contribution < 1.29 is 33.4 Å². The van der Waals surface area contributed by atoms with Crippen LogP contribution in [0.3, 0.4) is 0 Å².